The van der Waals surface area contributed by atoms with Gasteiger partial charge in [-0.15, -0.1) is 0 Å². The first-order valence-electron chi connectivity index (χ1n) is 10.0. The number of hydrogen-bond acceptors (Lipinski definition) is 4. The lowest BCUT2D eigenvalue weighted by Gasteiger charge is -2.44. The van der Waals surface area contributed by atoms with Crippen LogP contribution in [-0.4, -0.2) is 86.6 Å². The maximum Gasteiger partial charge on any atom is 0.223 e. The lowest BCUT2D eigenvalue weighted by Crippen LogP contribution is -2.55. The Bertz CT molecular complexity index is 595. The summed E-state index contributed by atoms with van der Waals surface area (Å²) in [4.78, 5) is 21.2. The van der Waals surface area contributed by atoms with E-state index in [0.29, 0.717) is 12.5 Å². The van der Waals surface area contributed by atoms with Crippen molar-refractivity contribution in [3.8, 4) is 0 Å². The van der Waals surface area contributed by atoms with E-state index in [4.69, 9.17) is 0 Å². The summed E-state index contributed by atoms with van der Waals surface area (Å²) in [5.74, 6) is 0.235. The molecular formula is C21H34N4O. The minimum Gasteiger partial charge on any atom is -0.369 e. The van der Waals surface area contributed by atoms with E-state index in [1.807, 2.05) is 14.1 Å². The smallest absolute Gasteiger partial charge is 0.223 e. The van der Waals surface area contributed by atoms with Crippen LogP contribution < -0.4 is 4.90 Å². The van der Waals surface area contributed by atoms with Gasteiger partial charge in [-0.2, -0.15) is 0 Å². The number of anilines is 1. The van der Waals surface area contributed by atoms with Crippen LogP contribution in [0, 0.1) is 6.92 Å². The fraction of sp³-hybridized carbons (Fsp3) is 0.667. The topological polar surface area (TPSA) is 30.0 Å². The highest BCUT2D eigenvalue weighted by molar-refractivity contribution is 5.75. The van der Waals surface area contributed by atoms with Crippen molar-refractivity contribution in [2.45, 2.75) is 32.2 Å². The minimum atomic E-state index is 0.235. The largest absolute Gasteiger partial charge is 0.369 e. The maximum atomic E-state index is 11.9. The molecule has 1 aromatic rings. The summed E-state index contributed by atoms with van der Waals surface area (Å²) in [6.07, 6.45) is 3.18. The molecule has 2 aliphatic heterocycles. The number of nitrogens with zero attached hydrogens (tertiary/aromatic N) is 4. The zero-order valence-corrected chi connectivity index (χ0v) is 16.7. The molecule has 0 radical (unpaired) electrons. The molecule has 5 nitrogen and oxygen atoms in total. The van der Waals surface area contributed by atoms with Crippen molar-refractivity contribution in [1.29, 1.82) is 0 Å². The van der Waals surface area contributed by atoms with Gasteiger partial charge in [0.2, 0.25) is 5.91 Å². The van der Waals surface area contributed by atoms with Gasteiger partial charge >= 0.3 is 0 Å². The molecule has 1 aromatic carbocycles. The van der Waals surface area contributed by atoms with Crippen molar-refractivity contribution in [2.24, 2.45) is 0 Å². The monoisotopic (exact) mass is 358 g/mol. The number of piperidine rings is 1. The number of benzene rings is 1. The van der Waals surface area contributed by atoms with E-state index in [1.54, 1.807) is 4.90 Å². The Hall–Kier alpha value is -1.59. The molecule has 144 valence electrons. The van der Waals surface area contributed by atoms with E-state index in [0.717, 1.165) is 45.8 Å². The summed E-state index contributed by atoms with van der Waals surface area (Å²) in [6, 6.07) is 9.36. The van der Waals surface area contributed by atoms with Gasteiger partial charge in [0.05, 0.1) is 0 Å². The van der Waals surface area contributed by atoms with Crippen LogP contribution in [0.3, 0.4) is 0 Å². The third-order valence-electron chi connectivity index (χ3n) is 5.91. The maximum absolute atomic E-state index is 11.9. The third kappa shape index (κ3) is 4.77. The minimum absolute atomic E-state index is 0.235. The highest BCUT2D eigenvalue weighted by Gasteiger charge is 2.28. The lowest BCUT2D eigenvalue weighted by molar-refractivity contribution is -0.129. The van der Waals surface area contributed by atoms with Gasteiger partial charge in [-0.1, -0.05) is 18.2 Å². The number of aryl methyl sites for hydroxylation is 1. The van der Waals surface area contributed by atoms with Gasteiger partial charge in [0.1, 0.15) is 0 Å². The van der Waals surface area contributed by atoms with Crippen molar-refractivity contribution in [3.05, 3.63) is 29.8 Å². The molecule has 0 spiro atoms. The first kappa shape index (κ1) is 19.2. The van der Waals surface area contributed by atoms with E-state index in [1.165, 1.54) is 24.1 Å². The van der Waals surface area contributed by atoms with Crippen molar-refractivity contribution in [2.75, 3.05) is 64.8 Å². The number of para-hydroxylation sites is 1. The van der Waals surface area contributed by atoms with Crippen LogP contribution in [0.25, 0.3) is 0 Å². The highest BCUT2D eigenvalue weighted by atomic mass is 16.2. The average Bonchev–Trinajstić information content (AvgIpc) is 2.67. The van der Waals surface area contributed by atoms with Gasteiger partial charge in [0, 0.05) is 71.5 Å². The number of carbonyl (C=O) groups excluding carboxylic acids is 1. The van der Waals surface area contributed by atoms with E-state index < -0.39 is 0 Å². The summed E-state index contributed by atoms with van der Waals surface area (Å²) in [7, 11) is 3.69. The predicted molar refractivity (Wildman–Crippen MR) is 108 cm³/mol. The molecule has 0 N–H and O–H groups in total. The van der Waals surface area contributed by atoms with Gasteiger partial charge in [0.25, 0.3) is 0 Å². The molecule has 1 unspecified atom stereocenters. The highest BCUT2D eigenvalue weighted by Crippen LogP contribution is 2.23. The number of likely N-dealkylation sites (tertiary alicyclic amines) is 1. The van der Waals surface area contributed by atoms with Gasteiger partial charge in [-0.05, 0) is 37.9 Å². The zero-order valence-electron chi connectivity index (χ0n) is 16.7. The fourth-order valence-electron chi connectivity index (χ4n) is 4.26. The van der Waals surface area contributed by atoms with E-state index in [9.17, 15) is 4.79 Å². The SMILES string of the molecule is Cc1ccccc1N1CCN(C2CCCN(CCC(=O)N(C)C)C2)CC1. The quantitative estimate of drug-likeness (QED) is 0.806. The van der Waals surface area contributed by atoms with Crippen LogP contribution in [0.4, 0.5) is 5.69 Å². The Morgan fingerprint density at radius 3 is 2.54 bits per heavy atom. The first-order chi connectivity index (χ1) is 12.5. The van der Waals surface area contributed by atoms with Crippen molar-refractivity contribution in [1.82, 2.24) is 14.7 Å². The summed E-state index contributed by atoms with van der Waals surface area (Å²) in [5.41, 5.74) is 2.76. The van der Waals surface area contributed by atoms with Gasteiger partial charge in [0.15, 0.2) is 0 Å². The number of carbonyl (C=O) groups is 1. The fourth-order valence-corrected chi connectivity index (χ4v) is 4.26. The molecule has 26 heavy (non-hydrogen) atoms. The third-order valence-corrected chi connectivity index (χ3v) is 5.91. The molecule has 2 fully saturated rings. The van der Waals surface area contributed by atoms with E-state index in [-0.39, 0.29) is 5.91 Å². The Morgan fingerprint density at radius 2 is 1.85 bits per heavy atom. The summed E-state index contributed by atoms with van der Waals surface area (Å²) < 4.78 is 0. The summed E-state index contributed by atoms with van der Waals surface area (Å²) in [6.45, 7) is 9.87. The van der Waals surface area contributed by atoms with Crippen molar-refractivity contribution >= 4 is 11.6 Å². The molecule has 0 aliphatic carbocycles. The predicted octanol–water partition coefficient (Wildman–Crippen LogP) is 2.06. The lowest BCUT2D eigenvalue weighted by atomic mass is 10.0. The molecule has 0 aromatic heterocycles. The number of piperazine rings is 1. The molecule has 1 atom stereocenters. The number of rotatable bonds is 5. The second kappa shape index (κ2) is 8.87. The van der Waals surface area contributed by atoms with Crippen LogP contribution >= 0.6 is 0 Å². The van der Waals surface area contributed by atoms with Crippen LogP contribution in [0.5, 0.6) is 0 Å². The molecule has 5 heteroatoms. The van der Waals surface area contributed by atoms with Crippen molar-refractivity contribution in [3.63, 3.8) is 0 Å². The molecule has 2 heterocycles. The zero-order chi connectivity index (χ0) is 18.5. The van der Waals surface area contributed by atoms with Gasteiger partial charge < -0.3 is 14.7 Å². The number of amides is 1. The second-order valence-corrected chi connectivity index (χ2v) is 7.94. The standard InChI is InChI=1S/C21H34N4O/c1-18-7-4-5-9-20(18)25-15-13-24(14-16-25)19-8-6-11-23(17-19)12-10-21(26)22(2)3/h4-5,7,9,19H,6,8,10-17H2,1-3H3. The average molecular weight is 359 g/mol. The Labute approximate surface area is 158 Å². The molecular weight excluding hydrogens is 324 g/mol. The van der Waals surface area contributed by atoms with Crippen LogP contribution in [-0.2, 0) is 4.79 Å². The second-order valence-electron chi connectivity index (χ2n) is 7.94. The summed E-state index contributed by atoms with van der Waals surface area (Å²) in [5, 5.41) is 0. The number of hydrogen-bond donors (Lipinski definition) is 0. The molecule has 2 aliphatic rings. The van der Waals surface area contributed by atoms with Crippen LogP contribution in [0.2, 0.25) is 0 Å². The van der Waals surface area contributed by atoms with Crippen LogP contribution in [0.15, 0.2) is 24.3 Å². The molecule has 1 amide bonds. The molecule has 0 saturated carbocycles. The molecule has 3 rings (SSSR count). The van der Waals surface area contributed by atoms with Crippen LogP contribution in [0.1, 0.15) is 24.8 Å². The molecule has 0 bridgehead atoms. The normalized spacial score (nSPS) is 22.4. The van der Waals surface area contributed by atoms with E-state index >= 15 is 0 Å². The van der Waals surface area contributed by atoms with Gasteiger partial charge in [-0.3, -0.25) is 9.69 Å². The molecule has 2 saturated heterocycles. The summed E-state index contributed by atoms with van der Waals surface area (Å²) >= 11 is 0. The van der Waals surface area contributed by atoms with E-state index in [2.05, 4.69) is 45.9 Å². The Morgan fingerprint density at radius 1 is 1.12 bits per heavy atom. The Kier molecular flexibility index (Phi) is 6.54. The first-order valence-corrected chi connectivity index (χ1v) is 10.0. The Balaban J connectivity index is 1.48. The van der Waals surface area contributed by atoms with Gasteiger partial charge in [-0.25, -0.2) is 0 Å². The van der Waals surface area contributed by atoms with Crippen molar-refractivity contribution < 1.29 is 4.79 Å².